The SMILES string of the molecule is COc1ccc(S(=O)(=O)N(C)C[C@H]2OCc3ccccc3-c3ccccc3C(=O)N([C@H](C)CO)C[C@H]2C)cc1. The summed E-state index contributed by atoms with van der Waals surface area (Å²) in [7, 11) is -0.746. The third-order valence-corrected chi connectivity index (χ3v) is 9.14. The number of methoxy groups -OCH3 is 1. The standard InChI is InChI=1S/C30H36N2O6S/c1-21-17-32(22(2)19-33)30(34)28-12-8-7-11-27(28)26-10-6-5-9-23(26)20-38-29(21)18-31(3)39(35,36)25-15-13-24(37-4)14-16-25/h5-16,21-22,29,33H,17-20H2,1-4H3/t21-,22-,29-/m1/s1. The summed E-state index contributed by atoms with van der Waals surface area (Å²) in [6, 6.07) is 21.0. The van der Waals surface area contributed by atoms with Crippen LogP contribution in [0.3, 0.4) is 0 Å². The van der Waals surface area contributed by atoms with Gasteiger partial charge in [-0.05, 0) is 53.9 Å². The summed E-state index contributed by atoms with van der Waals surface area (Å²) in [4.78, 5) is 15.7. The molecule has 1 aliphatic heterocycles. The van der Waals surface area contributed by atoms with Crippen molar-refractivity contribution in [3.05, 3.63) is 83.9 Å². The molecule has 1 amide bonds. The van der Waals surface area contributed by atoms with Gasteiger partial charge in [0.1, 0.15) is 5.75 Å². The Morgan fingerprint density at radius 3 is 2.28 bits per heavy atom. The number of amides is 1. The molecule has 1 N–H and O–H groups in total. The molecule has 1 aliphatic rings. The molecular weight excluding hydrogens is 516 g/mol. The summed E-state index contributed by atoms with van der Waals surface area (Å²) in [6.45, 7) is 4.16. The van der Waals surface area contributed by atoms with Crippen LogP contribution >= 0.6 is 0 Å². The van der Waals surface area contributed by atoms with Crippen molar-refractivity contribution >= 4 is 15.9 Å². The number of sulfonamides is 1. The second kappa shape index (κ2) is 12.3. The van der Waals surface area contributed by atoms with Gasteiger partial charge in [-0.15, -0.1) is 0 Å². The fraction of sp³-hybridized carbons (Fsp3) is 0.367. The molecule has 208 valence electrons. The van der Waals surface area contributed by atoms with E-state index in [9.17, 15) is 18.3 Å². The monoisotopic (exact) mass is 552 g/mol. The van der Waals surface area contributed by atoms with Crippen LogP contribution in [0.4, 0.5) is 0 Å². The molecule has 4 rings (SSSR count). The van der Waals surface area contributed by atoms with Crippen molar-refractivity contribution in [3.63, 3.8) is 0 Å². The van der Waals surface area contributed by atoms with Gasteiger partial charge >= 0.3 is 0 Å². The maximum Gasteiger partial charge on any atom is 0.254 e. The van der Waals surface area contributed by atoms with Crippen molar-refractivity contribution in [1.82, 2.24) is 9.21 Å². The molecule has 0 radical (unpaired) electrons. The van der Waals surface area contributed by atoms with Crippen molar-refractivity contribution in [2.45, 2.75) is 37.5 Å². The number of ether oxygens (including phenoxy) is 2. The highest BCUT2D eigenvalue weighted by molar-refractivity contribution is 7.89. The van der Waals surface area contributed by atoms with Crippen LogP contribution in [0.15, 0.2) is 77.7 Å². The van der Waals surface area contributed by atoms with Gasteiger partial charge in [0.05, 0.1) is 37.4 Å². The van der Waals surface area contributed by atoms with Gasteiger partial charge in [-0.25, -0.2) is 8.42 Å². The van der Waals surface area contributed by atoms with Gasteiger partial charge in [0, 0.05) is 31.6 Å². The third-order valence-electron chi connectivity index (χ3n) is 7.30. The smallest absolute Gasteiger partial charge is 0.254 e. The molecule has 3 aromatic rings. The Morgan fingerprint density at radius 1 is 1.03 bits per heavy atom. The Labute approximate surface area is 230 Å². The first-order chi connectivity index (χ1) is 18.7. The lowest BCUT2D eigenvalue weighted by molar-refractivity contribution is -0.0146. The zero-order chi connectivity index (χ0) is 28.2. The lowest BCUT2D eigenvalue weighted by atomic mass is 9.94. The maximum absolute atomic E-state index is 13.9. The molecule has 9 heteroatoms. The largest absolute Gasteiger partial charge is 0.497 e. The quantitative estimate of drug-likeness (QED) is 0.475. The van der Waals surface area contributed by atoms with Crippen molar-refractivity contribution < 1.29 is 27.8 Å². The van der Waals surface area contributed by atoms with E-state index in [2.05, 4.69) is 0 Å². The highest BCUT2D eigenvalue weighted by Gasteiger charge is 2.32. The van der Waals surface area contributed by atoms with Crippen LogP contribution in [-0.4, -0.2) is 74.6 Å². The summed E-state index contributed by atoms with van der Waals surface area (Å²) in [6.07, 6.45) is -0.529. The first-order valence-corrected chi connectivity index (χ1v) is 14.4. The van der Waals surface area contributed by atoms with Crippen LogP contribution in [0.5, 0.6) is 5.75 Å². The molecule has 0 spiro atoms. The number of carbonyl (C=O) groups is 1. The van der Waals surface area contributed by atoms with Crippen molar-refractivity contribution in [2.75, 3.05) is 33.9 Å². The lowest BCUT2D eigenvalue weighted by Crippen LogP contribution is -2.47. The Kier molecular flexibility index (Phi) is 9.07. The van der Waals surface area contributed by atoms with Gasteiger partial charge in [-0.1, -0.05) is 49.4 Å². The predicted molar refractivity (Wildman–Crippen MR) is 150 cm³/mol. The van der Waals surface area contributed by atoms with Gasteiger partial charge < -0.3 is 19.5 Å². The number of hydrogen-bond acceptors (Lipinski definition) is 6. The van der Waals surface area contributed by atoms with Crippen LogP contribution in [-0.2, 0) is 21.4 Å². The normalized spacial score (nSPS) is 19.1. The molecule has 0 saturated carbocycles. The van der Waals surface area contributed by atoms with E-state index in [1.165, 1.54) is 30.6 Å². The number of carbonyl (C=O) groups excluding carboxylic acids is 1. The average molecular weight is 553 g/mol. The van der Waals surface area contributed by atoms with Crippen LogP contribution in [0.25, 0.3) is 11.1 Å². The minimum atomic E-state index is -3.80. The van der Waals surface area contributed by atoms with Crippen LogP contribution in [0.2, 0.25) is 0 Å². The summed E-state index contributed by atoms with van der Waals surface area (Å²) in [5, 5.41) is 10.0. The molecule has 3 aromatic carbocycles. The number of hydrogen-bond donors (Lipinski definition) is 1. The maximum atomic E-state index is 13.9. The Morgan fingerprint density at radius 2 is 1.64 bits per heavy atom. The summed E-state index contributed by atoms with van der Waals surface area (Å²) >= 11 is 0. The molecule has 0 unspecified atom stereocenters. The molecule has 1 heterocycles. The van der Waals surface area contributed by atoms with E-state index in [0.717, 1.165) is 16.7 Å². The molecule has 3 atom stereocenters. The number of aliphatic hydroxyl groups is 1. The third kappa shape index (κ3) is 6.17. The summed E-state index contributed by atoms with van der Waals surface area (Å²) in [5.41, 5.74) is 3.13. The van der Waals surface area contributed by atoms with Gasteiger partial charge in [-0.3, -0.25) is 4.79 Å². The van der Waals surface area contributed by atoms with Crippen molar-refractivity contribution in [2.24, 2.45) is 5.92 Å². The molecule has 8 nitrogen and oxygen atoms in total. The molecular formula is C30H36N2O6S. The first-order valence-electron chi connectivity index (χ1n) is 13.0. The van der Waals surface area contributed by atoms with E-state index in [4.69, 9.17) is 9.47 Å². The Bertz CT molecular complexity index is 1390. The van der Waals surface area contributed by atoms with Gasteiger partial charge in [0.15, 0.2) is 0 Å². The highest BCUT2D eigenvalue weighted by Crippen LogP contribution is 2.31. The number of benzene rings is 3. The molecule has 39 heavy (non-hydrogen) atoms. The zero-order valence-electron chi connectivity index (χ0n) is 22.8. The molecule has 0 saturated heterocycles. The van der Waals surface area contributed by atoms with E-state index >= 15 is 0 Å². The fourth-order valence-electron chi connectivity index (χ4n) is 4.83. The Balaban J connectivity index is 1.71. The molecule has 0 bridgehead atoms. The van der Waals surface area contributed by atoms with E-state index in [0.29, 0.717) is 11.3 Å². The van der Waals surface area contributed by atoms with E-state index in [-0.39, 0.29) is 43.0 Å². The summed E-state index contributed by atoms with van der Waals surface area (Å²) in [5.74, 6) is 0.141. The van der Waals surface area contributed by atoms with E-state index in [1.54, 1.807) is 24.0 Å². The van der Waals surface area contributed by atoms with Crippen LogP contribution in [0.1, 0.15) is 29.8 Å². The van der Waals surface area contributed by atoms with Crippen LogP contribution in [0, 0.1) is 5.92 Å². The number of fused-ring (bicyclic) bond motifs is 3. The van der Waals surface area contributed by atoms with Crippen LogP contribution < -0.4 is 4.74 Å². The molecule has 0 aliphatic carbocycles. The average Bonchev–Trinajstić information content (AvgIpc) is 2.98. The topological polar surface area (TPSA) is 96.4 Å². The lowest BCUT2D eigenvalue weighted by Gasteiger charge is -2.35. The van der Waals surface area contributed by atoms with Gasteiger partial charge in [-0.2, -0.15) is 4.31 Å². The molecule has 0 aromatic heterocycles. The number of likely N-dealkylation sites (N-methyl/N-ethyl adjacent to an activating group) is 1. The number of nitrogens with zero attached hydrogens (tertiary/aromatic N) is 2. The number of aliphatic hydroxyl groups excluding tert-OH is 1. The minimum Gasteiger partial charge on any atom is -0.497 e. The van der Waals surface area contributed by atoms with Gasteiger partial charge in [0.25, 0.3) is 5.91 Å². The van der Waals surface area contributed by atoms with E-state index < -0.39 is 22.2 Å². The fourth-order valence-corrected chi connectivity index (χ4v) is 6.01. The molecule has 0 fully saturated rings. The number of rotatable bonds is 7. The minimum absolute atomic E-state index is 0.0835. The van der Waals surface area contributed by atoms with Crippen molar-refractivity contribution in [3.8, 4) is 16.9 Å². The van der Waals surface area contributed by atoms with E-state index in [1.807, 2.05) is 55.5 Å². The summed E-state index contributed by atoms with van der Waals surface area (Å²) < 4.78 is 39.7. The highest BCUT2D eigenvalue weighted by atomic mass is 32.2. The predicted octanol–water partition coefficient (Wildman–Crippen LogP) is 4.04. The van der Waals surface area contributed by atoms with Crippen molar-refractivity contribution in [1.29, 1.82) is 0 Å². The second-order valence-corrected chi connectivity index (χ2v) is 12.0. The Hall–Kier alpha value is -3.24. The van der Waals surface area contributed by atoms with Gasteiger partial charge in [0.2, 0.25) is 10.0 Å². The second-order valence-electron chi connectivity index (χ2n) is 9.98. The first kappa shape index (κ1) is 28.8. The zero-order valence-corrected chi connectivity index (χ0v) is 23.6.